The van der Waals surface area contributed by atoms with E-state index in [9.17, 15) is 19.7 Å². The molecule has 30 heavy (non-hydrogen) atoms. The molecule has 0 aromatic heterocycles. The molecule has 0 aliphatic heterocycles. The highest BCUT2D eigenvalue weighted by molar-refractivity contribution is 6.04. The van der Waals surface area contributed by atoms with Crippen molar-refractivity contribution in [2.75, 3.05) is 5.32 Å². The van der Waals surface area contributed by atoms with E-state index in [0.717, 1.165) is 5.56 Å². The molecule has 1 atom stereocenters. The molecule has 0 fully saturated rings. The van der Waals surface area contributed by atoms with Crippen molar-refractivity contribution in [2.24, 2.45) is 0 Å². The minimum Gasteiger partial charge on any atom is -0.349 e. The average molecular weight is 403 g/mol. The number of benzene rings is 3. The molecule has 0 aliphatic rings. The van der Waals surface area contributed by atoms with Crippen molar-refractivity contribution in [3.8, 4) is 0 Å². The number of nitro groups is 1. The van der Waals surface area contributed by atoms with E-state index in [0.29, 0.717) is 16.8 Å². The largest absolute Gasteiger partial charge is 0.349 e. The summed E-state index contributed by atoms with van der Waals surface area (Å²) < 4.78 is 0. The summed E-state index contributed by atoms with van der Waals surface area (Å²) in [5.74, 6) is -0.545. The maximum absolute atomic E-state index is 12.4. The summed E-state index contributed by atoms with van der Waals surface area (Å²) in [5.41, 5.74) is 2.24. The molecule has 3 aromatic carbocycles. The molecule has 3 rings (SSSR count). The first-order valence-electron chi connectivity index (χ1n) is 9.42. The number of rotatable bonds is 7. The van der Waals surface area contributed by atoms with E-state index in [1.807, 2.05) is 19.1 Å². The fraction of sp³-hybridized carbons (Fsp3) is 0.130. The highest BCUT2D eigenvalue weighted by atomic mass is 16.6. The van der Waals surface area contributed by atoms with E-state index < -0.39 is 4.92 Å². The smallest absolute Gasteiger partial charge is 0.273 e. The number of hydrogen-bond donors (Lipinski definition) is 2. The van der Waals surface area contributed by atoms with Gasteiger partial charge in [-0.3, -0.25) is 19.7 Å². The van der Waals surface area contributed by atoms with Crippen LogP contribution in [0.5, 0.6) is 0 Å². The van der Waals surface area contributed by atoms with Gasteiger partial charge in [0.15, 0.2) is 0 Å². The highest BCUT2D eigenvalue weighted by Gasteiger charge is 2.17. The monoisotopic (exact) mass is 403 g/mol. The maximum atomic E-state index is 12.4. The summed E-state index contributed by atoms with van der Waals surface area (Å²) in [6.45, 7) is 1.81. The molecule has 2 N–H and O–H groups in total. The lowest BCUT2D eigenvalue weighted by Gasteiger charge is -2.16. The third-order valence-electron chi connectivity index (χ3n) is 4.60. The number of carbonyl (C=O) groups excluding carboxylic acids is 2. The van der Waals surface area contributed by atoms with Crippen LogP contribution in [0.2, 0.25) is 0 Å². The summed E-state index contributed by atoms with van der Waals surface area (Å²) in [6, 6.07) is 21.9. The van der Waals surface area contributed by atoms with Crippen LogP contribution in [0, 0.1) is 10.1 Å². The molecule has 152 valence electrons. The van der Waals surface area contributed by atoms with Gasteiger partial charge in [0.1, 0.15) is 0 Å². The van der Waals surface area contributed by atoms with Crippen LogP contribution in [0.15, 0.2) is 78.9 Å². The Morgan fingerprint density at radius 3 is 2.40 bits per heavy atom. The number of para-hydroxylation sites is 1. The van der Waals surface area contributed by atoms with Crippen molar-refractivity contribution < 1.29 is 14.5 Å². The topological polar surface area (TPSA) is 101 Å². The van der Waals surface area contributed by atoms with Crippen molar-refractivity contribution >= 4 is 23.2 Å². The molecule has 0 saturated carbocycles. The summed E-state index contributed by atoms with van der Waals surface area (Å²) in [7, 11) is 0. The second kappa shape index (κ2) is 9.47. The Balaban J connectivity index is 1.65. The molecule has 0 radical (unpaired) electrons. The Hall–Kier alpha value is -4.00. The van der Waals surface area contributed by atoms with Gasteiger partial charge in [0.2, 0.25) is 5.91 Å². The van der Waals surface area contributed by atoms with Crippen LogP contribution < -0.4 is 10.6 Å². The van der Waals surface area contributed by atoms with E-state index in [-0.39, 0.29) is 30.0 Å². The predicted octanol–water partition coefficient (Wildman–Crippen LogP) is 4.27. The van der Waals surface area contributed by atoms with Gasteiger partial charge in [-0.2, -0.15) is 0 Å². The zero-order valence-electron chi connectivity index (χ0n) is 16.4. The fourth-order valence-corrected chi connectivity index (χ4v) is 3.07. The van der Waals surface area contributed by atoms with Crippen LogP contribution in [-0.2, 0) is 11.2 Å². The van der Waals surface area contributed by atoms with Gasteiger partial charge in [0, 0.05) is 22.9 Å². The highest BCUT2D eigenvalue weighted by Crippen LogP contribution is 2.20. The number of nitrogens with one attached hydrogen (secondary N) is 2. The van der Waals surface area contributed by atoms with Gasteiger partial charge in [-0.15, -0.1) is 0 Å². The van der Waals surface area contributed by atoms with Crippen molar-refractivity contribution in [3.05, 3.63) is 106 Å². The van der Waals surface area contributed by atoms with Crippen LogP contribution in [0.4, 0.5) is 11.4 Å². The normalized spacial score (nSPS) is 11.4. The van der Waals surface area contributed by atoms with Crippen molar-refractivity contribution in [1.82, 2.24) is 5.32 Å². The lowest BCUT2D eigenvalue weighted by atomic mass is 10.1. The number of hydrogen-bond acceptors (Lipinski definition) is 4. The third-order valence-corrected chi connectivity index (χ3v) is 4.60. The van der Waals surface area contributed by atoms with Gasteiger partial charge in [-0.05, 0) is 36.8 Å². The SMILES string of the molecule is C[C@@H](NC(=O)Cc1ccccc1[N+](=O)[O-])c1cccc(NC(=O)c2ccccc2)c1. The minimum atomic E-state index is -0.495. The number of amides is 2. The van der Waals surface area contributed by atoms with Gasteiger partial charge in [-0.25, -0.2) is 0 Å². The second-order valence-corrected chi connectivity index (χ2v) is 6.80. The van der Waals surface area contributed by atoms with Crippen LogP contribution in [0.25, 0.3) is 0 Å². The fourth-order valence-electron chi connectivity index (χ4n) is 3.07. The Bertz CT molecular complexity index is 1070. The molecule has 0 spiro atoms. The van der Waals surface area contributed by atoms with Crippen LogP contribution in [0.1, 0.15) is 34.5 Å². The quantitative estimate of drug-likeness (QED) is 0.454. The van der Waals surface area contributed by atoms with E-state index in [2.05, 4.69) is 10.6 Å². The molecule has 0 heterocycles. The molecule has 0 aliphatic carbocycles. The summed E-state index contributed by atoms with van der Waals surface area (Å²) in [4.78, 5) is 35.4. The van der Waals surface area contributed by atoms with Crippen LogP contribution >= 0.6 is 0 Å². The maximum Gasteiger partial charge on any atom is 0.273 e. The molecule has 7 heteroatoms. The first-order valence-corrected chi connectivity index (χ1v) is 9.42. The van der Waals surface area contributed by atoms with Gasteiger partial charge in [0.25, 0.3) is 11.6 Å². The molecule has 0 saturated heterocycles. The molecular formula is C23H21N3O4. The summed E-state index contributed by atoms with van der Waals surface area (Å²) in [5, 5.41) is 16.8. The van der Waals surface area contributed by atoms with Crippen molar-refractivity contribution in [1.29, 1.82) is 0 Å². The van der Waals surface area contributed by atoms with Crippen molar-refractivity contribution in [2.45, 2.75) is 19.4 Å². The van der Waals surface area contributed by atoms with Crippen LogP contribution in [-0.4, -0.2) is 16.7 Å². The number of nitro benzene ring substituents is 1. The summed E-state index contributed by atoms with van der Waals surface area (Å²) in [6.07, 6.45) is -0.0913. The third kappa shape index (κ3) is 5.29. The summed E-state index contributed by atoms with van der Waals surface area (Å²) >= 11 is 0. The number of nitrogens with zero attached hydrogens (tertiary/aromatic N) is 1. The molecule has 3 aromatic rings. The zero-order chi connectivity index (χ0) is 21.5. The molecule has 7 nitrogen and oxygen atoms in total. The molecule has 2 amide bonds. The van der Waals surface area contributed by atoms with E-state index in [1.54, 1.807) is 60.7 Å². The van der Waals surface area contributed by atoms with Crippen LogP contribution in [0.3, 0.4) is 0 Å². The van der Waals surface area contributed by atoms with Gasteiger partial charge < -0.3 is 10.6 Å². The van der Waals surface area contributed by atoms with E-state index in [1.165, 1.54) is 6.07 Å². The second-order valence-electron chi connectivity index (χ2n) is 6.80. The Kier molecular flexibility index (Phi) is 6.54. The lowest BCUT2D eigenvalue weighted by Crippen LogP contribution is -2.28. The molecule has 0 unspecified atom stereocenters. The van der Waals surface area contributed by atoms with Gasteiger partial charge in [0.05, 0.1) is 17.4 Å². The lowest BCUT2D eigenvalue weighted by molar-refractivity contribution is -0.385. The zero-order valence-corrected chi connectivity index (χ0v) is 16.4. The number of carbonyl (C=O) groups is 2. The molecule has 0 bridgehead atoms. The van der Waals surface area contributed by atoms with Crippen molar-refractivity contribution in [3.63, 3.8) is 0 Å². The Morgan fingerprint density at radius 2 is 1.67 bits per heavy atom. The first-order chi connectivity index (χ1) is 14.4. The van der Waals surface area contributed by atoms with Gasteiger partial charge in [-0.1, -0.05) is 48.5 Å². The minimum absolute atomic E-state index is 0.0778. The number of anilines is 1. The Labute approximate surface area is 173 Å². The average Bonchev–Trinajstić information content (AvgIpc) is 2.74. The predicted molar refractivity (Wildman–Crippen MR) is 114 cm³/mol. The first kappa shape index (κ1) is 20.7. The Morgan fingerprint density at radius 1 is 0.967 bits per heavy atom. The molecular weight excluding hydrogens is 382 g/mol. The van der Waals surface area contributed by atoms with E-state index in [4.69, 9.17) is 0 Å². The van der Waals surface area contributed by atoms with Gasteiger partial charge >= 0.3 is 0 Å². The standard InChI is InChI=1S/C23H21N3O4/c1-16(24-22(27)15-19-10-5-6-13-21(19)26(29)30)18-11-7-12-20(14-18)25-23(28)17-8-3-2-4-9-17/h2-14,16H,15H2,1H3,(H,24,27)(H,25,28)/t16-/m1/s1. The van der Waals surface area contributed by atoms with E-state index >= 15 is 0 Å².